The molecule has 0 saturated heterocycles. The minimum Gasteiger partial charge on any atom is -0.469 e. The molecule has 2 rings (SSSR count). The first-order valence-electron chi connectivity index (χ1n) is 5.64. The fourth-order valence-corrected chi connectivity index (χ4v) is 2.69. The zero-order valence-electron chi connectivity index (χ0n) is 9.58. The van der Waals surface area contributed by atoms with Gasteiger partial charge in [0.25, 0.3) is 0 Å². The summed E-state index contributed by atoms with van der Waals surface area (Å²) in [6.07, 6.45) is 2.68. The summed E-state index contributed by atoms with van der Waals surface area (Å²) >= 11 is 12.2. The second kappa shape index (κ2) is 5.28. The molecule has 92 valence electrons. The van der Waals surface area contributed by atoms with E-state index in [1.54, 1.807) is 0 Å². The quantitative estimate of drug-likeness (QED) is 0.781. The van der Waals surface area contributed by atoms with Gasteiger partial charge in [0.15, 0.2) is 0 Å². The second-order valence-corrected chi connectivity index (χ2v) is 5.18. The summed E-state index contributed by atoms with van der Waals surface area (Å²) in [5.41, 5.74) is 0.978. The van der Waals surface area contributed by atoms with Gasteiger partial charge in [-0.05, 0) is 42.9 Å². The van der Waals surface area contributed by atoms with Crippen LogP contribution in [0.1, 0.15) is 18.4 Å². The van der Waals surface area contributed by atoms with Crippen LogP contribution in [0.2, 0.25) is 10.0 Å². The zero-order valence-corrected chi connectivity index (χ0v) is 11.1. The third-order valence-electron chi connectivity index (χ3n) is 3.25. The van der Waals surface area contributed by atoms with Crippen molar-refractivity contribution < 1.29 is 9.53 Å². The lowest BCUT2D eigenvalue weighted by molar-refractivity contribution is -0.142. The van der Waals surface area contributed by atoms with Crippen LogP contribution in [0.25, 0.3) is 0 Å². The number of halogens is 2. The van der Waals surface area contributed by atoms with Gasteiger partial charge < -0.3 is 4.74 Å². The van der Waals surface area contributed by atoms with Crippen molar-refractivity contribution in [1.29, 1.82) is 0 Å². The average molecular weight is 273 g/mol. The highest BCUT2D eigenvalue weighted by Crippen LogP contribution is 2.43. The number of carbonyl (C=O) groups is 1. The van der Waals surface area contributed by atoms with Crippen molar-refractivity contribution >= 4 is 29.2 Å². The highest BCUT2D eigenvalue weighted by Gasteiger charge is 2.43. The Morgan fingerprint density at radius 1 is 1.41 bits per heavy atom. The van der Waals surface area contributed by atoms with Crippen molar-refractivity contribution in [3.8, 4) is 0 Å². The van der Waals surface area contributed by atoms with E-state index < -0.39 is 0 Å². The average Bonchev–Trinajstić information content (AvgIpc) is 3.07. The Balaban J connectivity index is 1.90. The van der Waals surface area contributed by atoms with E-state index in [0.717, 1.165) is 24.8 Å². The molecule has 1 aromatic rings. The minimum absolute atomic E-state index is 0.0845. The molecule has 0 spiro atoms. The first-order chi connectivity index (χ1) is 8.13. The monoisotopic (exact) mass is 272 g/mol. The lowest BCUT2D eigenvalue weighted by Crippen LogP contribution is -2.04. The van der Waals surface area contributed by atoms with Crippen LogP contribution in [-0.2, 0) is 16.0 Å². The Labute approximate surface area is 111 Å². The first kappa shape index (κ1) is 12.7. The largest absolute Gasteiger partial charge is 0.469 e. The Kier molecular flexibility index (Phi) is 3.95. The molecule has 0 aromatic heterocycles. The Bertz CT molecular complexity index is 411. The summed E-state index contributed by atoms with van der Waals surface area (Å²) in [6.45, 7) is 0. The molecular formula is C13H14Cl2O2. The van der Waals surface area contributed by atoms with Crippen LogP contribution in [0.4, 0.5) is 0 Å². The lowest BCUT2D eigenvalue weighted by atomic mass is 10.1. The third kappa shape index (κ3) is 2.93. The van der Waals surface area contributed by atoms with Gasteiger partial charge in [-0.25, -0.2) is 0 Å². The van der Waals surface area contributed by atoms with Gasteiger partial charge in [0.1, 0.15) is 0 Å². The summed E-state index contributed by atoms with van der Waals surface area (Å²) in [5, 5.41) is 1.40. The van der Waals surface area contributed by atoms with E-state index in [0.29, 0.717) is 16.0 Å². The van der Waals surface area contributed by atoms with Crippen LogP contribution < -0.4 is 0 Å². The number of ether oxygens (including phenoxy) is 1. The molecule has 0 amide bonds. The van der Waals surface area contributed by atoms with Gasteiger partial charge in [-0.1, -0.05) is 29.3 Å². The summed E-state index contributed by atoms with van der Waals surface area (Å²) in [5.74, 6) is 0.413. The number of hydrogen-bond acceptors (Lipinski definition) is 2. The maximum absolute atomic E-state index is 11.3. The van der Waals surface area contributed by atoms with Crippen molar-refractivity contribution in [3.05, 3.63) is 33.8 Å². The third-order valence-corrected chi connectivity index (χ3v) is 3.96. The highest BCUT2D eigenvalue weighted by molar-refractivity contribution is 6.35. The molecule has 17 heavy (non-hydrogen) atoms. The molecule has 1 aliphatic rings. The first-order valence-corrected chi connectivity index (χ1v) is 6.39. The number of esters is 1. The van der Waals surface area contributed by atoms with E-state index in [2.05, 4.69) is 0 Å². The second-order valence-electron chi connectivity index (χ2n) is 4.36. The molecule has 0 bridgehead atoms. The Morgan fingerprint density at radius 2 is 2.06 bits per heavy atom. The maximum atomic E-state index is 11.3. The molecule has 2 unspecified atom stereocenters. The lowest BCUT2D eigenvalue weighted by Gasteiger charge is -2.06. The predicted molar refractivity (Wildman–Crippen MR) is 68.4 cm³/mol. The van der Waals surface area contributed by atoms with Crippen molar-refractivity contribution in [3.63, 3.8) is 0 Å². The molecule has 1 aromatic carbocycles. The predicted octanol–water partition coefficient (Wildman–Crippen LogP) is 3.74. The number of benzene rings is 1. The molecule has 0 aliphatic heterocycles. The van der Waals surface area contributed by atoms with Gasteiger partial charge in [-0.15, -0.1) is 0 Å². The van der Waals surface area contributed by atoms with Crippen molar-refractivity contribution in [2.45, 2.75) is 19.3 Å². The molecule has 2 atom stereocenters. The summed E-state index contributed by atoms with van der Waals surface area (Å²) < 4.78 is 4.71. The van der Waals surface area contributed by atoms with Gasteiger partial charge in [0.2, 0.25) is 0 Å². The smallest absolute Gasteiger partial charge is 0.308 e. The maximum Gasteiger partial charge on any atom is 0.308 e. The molecule has 1 fully saturated rings. The van der Waals surface area contributed by atoms with E-state index in [-0.39, 0.29) is 11.9 Å². The van der Waals surface area contributed by atoms with Crippen LogP contribution in [0.5, 0.6) is 0 Å². The topological polar surface area (TPSA) is 26.3 Å². The van der Waals surface area contributed by atoms with E-state index >= 15 is 0 Å². The molecule has 0 N–H and O–H groups in total. The zero-order chi connectivity index (χ0) is 12.4. The fraction of sp³-hybridized carbons (Fsp3) is 0.462. The van der Waals surface area contributed by atoms with E-state index in [1.165, 1.54) is 7.11 Å². The number of methoxy groups -OCH3 is 1. The van der Waals surface area contributed by atoms with Gasteiger partial charge >= 0.3 is 5.97 Å². The van der Waals surface area contributed by atoms with Crippen LogP contribution in [-0.4, -0.2) is 13.1 Å². The SMILES string of the molecule is COC(=O)C1CC1CCc1c(Cl)cccc1Cl. The standard InChI is InChI=1S/C13H14Cl2O2/c1-17-13(16)10-7-8(10)5-6-9-11(14)3-2-4-12(9)15/h2-4,8,10H,5-7H2,1H3. The summed E-state index contributed by atoms with van der Waals surface area (Å²) in [4.78, 5) is 11.3. The van der Waals surface area contributed by atoms with Gasteiger partial charge in [-0.3, -0.25) is 4.79 Å². The summed E-state index contributed by atoms with van der Waals surface area (Å²) in [6, 6.07) is 5.52. The number of hydrogen-bond donors (Lipinski definition) is 0. The molecule has 1 aliphatic carbocycles. The minimum atomic E-state index is -0.0970. The van der Waals surface area contributed by atoms with Crippen molar-refractivity contribution in [2.75, 3.05) is 7.11 Å². The number of carbonyl (C=O) groups excluding carboxylic acids is 1. The molecule has 0 heterocycles. The van der Waals surface area contributed by atoms with Crippen LogP contribution in [0.3, 0.4) is 0 Å². The van der Waals surface area contributed by atoms with Crippen molar-refractivity contribution in [2.24, 2.45) is 11.8 Å². The Morgan fingerprint density at radius 3 is 2.65 bits per heavy atom. The van der Waals surface area contributed by atoms with Crippen molar-refractivity contribution in [1.82, 2.24) is 0 Å². The molecule has 0 radical (unpaired) electrons. The normalized spacial score (nSPS) is 22.3. The molecule has 2 nitrogen and oxygen atoms in total. The van der Waals surface area contributed by atoms with Crippen LogP contribution in [0.15, 0.2) is 18.2 Å². The Hall–Kier alpha value is -0.730. The molecule has 4 heteroatoms. The van der Waals surface area contributed by atoms with Gasteiger partial charge in [0, 0.05) is 10.0 Å². The van der Waals surface area contributed by atoms with Crippen LogP contribution >= 0.6 is 23.2 Å². The highest BCUT2D eigenvalue weighted by atomic mass is 35.5. The molecule has 1 saturated carbocycles. The van der Waals surface area contributed by atoms with Gasteiger partial charge in [-0.2, -0.15) is 0 Å². The summed E-state index contributed by atoms with van der Waals surface area (Å²) in [7, 11) is 1.43. The van der Waals surface area contributed by atoms with Gasteiger partial charge in [0.05, 0.1) is 13.0 Å². The van der Waals surface area contributed by atoms with E-state index in [4.69, 9.17) is 27.9 Å². The number of rotatable bonds is 4. The van der Waals surface area contributed by atoms with Crippen LogP contribution in [0, 0.1) is 11.8 Å². The molecular weight excluding hydrogens is 259 g/mol. The van der Waals surface area contributed by atoms with E-state index in [1.807, 2.05) is 18.2 Å². The fourth-order valence-electron chi connectivity index (χ4n) is 2.11. The van der Waals surface area contributed by atoms with E-state index in [9.17, 15) is 4.79 Å².